The van der Waals surface area contributed by atoms with Gasteiger partial charge in [0.15, 0.2) is 0 Å². The molecular weight excluding hydrogens is 454 g/mol. The summed E-state index contributed by atoms with van der Waals surface area (Å²) < 4.78 is 5.17. The van der Waals surface area contributed by atoms with Crippen LogP contribution in [0.5, 0.6) is 17.5 Å². The van der Waals surface area contributed by atoms with Crippen LogP contribution in [0.2, 0.25) is 0 Å². The van der Waals surface area contributed by atoms with Gasteiger partial charge in [0.25, 0.3) is 0 Å². The molecule has 1 amide bonds. The van der Waals surface area contributed by atoms with Crippen molar-refractivity contribution in [3.63, 3.8) is 0 Å². The van der Waals surface area contributed by atoms with E-state index in [0.29, 0.717) is 33.6 Å². The molecule has 5 rings (SSSR count). The van der Waals surface area contributed by atoms with Crippen LogP contribution in [0, 0.1) is 27.7 Å². The van der Waals surface area contributed by atoms with E-state index >= 15 is 0 Å². The van der Waals surface area contributed by atoms with Gasteiger partial charge in [-0.25, -0.2) is 4.98 Å². The van der Waals surface area contributed by atoms with Gasteiger partial charge >= 0.3 is 6.01 Å². The molecule has 1 aromatic heterocycles. The van der Waals surface area contributed by atoms with Crippen LogP contribution in [0.1, 0.15) is 38.9 Å². The number of ether oxygens (including phenoxy) is 1. The number of benzene rings is 3. The van der Waals surface area contributed by atoms with E-state index in [9.17, 15) is 15.0 Å². The molecule has 0 spiro atoms. The lowest BCUT2D eigenvalue weighted by atomic mass is 9.69. The fraction of sp³-hybridized carbons (Fsp3) is 0.207. The van der Waals surface area contributed by atoms with Crippen LogP contribution >= 0.6 is 0 Å². The topological polar surface area (TPSA) is 105 Å². The number of methoxy groups -OCH3 is 1. The summed E-state index contributed by atoms with van der Waals surface area (Å²) in [6, 6.07) is 15.2. The molecule has 7 nitrogen and oxygen atoms in total. The molecule has 1 aliphatic rings. The molecule has 36 heavy (non-hydrogen) atoms. The normalized spacial score (nSPS) is 13.9. The van der Waals surface area contributed by atoms with E-state index in [-0.39, 0.29) is 23.4 Å². The van der Waals surface area contributed by atoms with E-state index in [2.05, 4.69) is 15.3 Å². The second kappa shape index (κ2) is 8.37. The first-order valence-electron chi connectivity index (χ1n) is 11.6. The quantitative estimate of drug-likeness (QED) is 0.375. The van der Waals surface area contributed by atoms with Crippen molar-refractivity contribution < 1.29 is 19.7 Å². The molecule has 0 aliphatic carbocycles. The van der Waals surface area contributed by atoms with Crippen molar-refractivity contribution in [2.75, 3.05) is 12.4 Å². The fourth-order valence-corrected chi connectivity index (χ4v) is 5.16. The van der Waals surface area contributed by atoms with E-state index in [1.807, 2.05) is 70.2 Å². The SMILES string of the molecule is COc1nccc(-c2ccc3c(c2)NC(=O)C3(c2cc(C)c(O)c(C)c2)c2cc(C)c(O)c(C)c2)n1. The summed E-state index contributed by atoms with van der Waals surface area (Å²) in [7, 11) is 1.51. The number of aryl methyl sites for hydroxylation is 4. The molecule has 2 heterocycles. The maximum atomic E-state index is 14.0. The van der Waals surface area contributed by atoms with E-state index in [1.54, 1.807) is 12.3 Å². The fourth-order valence-electron chi connectivity index (χ4n) is 5.16. The average Bonchev–Trinajstić information content (AvgIpc) is 3.16. The van der Waals surface area contributed by atoms with Gasteiger partial charge in [0.2, 0.25) is 5.91 Å². The third-order valence-electron chi connectivity index (χ3n) is 6.97. The highest BCUT2D eigenvalue weighted by Crippen LogP contribution is 2.50. The van der Waals surface area contributed by atoms with Crippen molar-refractivity contribution in [3.8, 4) is 28.8 Å². The molecule has 1 aliphatic heterocycles. The Labute approximate surface area is 209 Å². The minimum Gasteiger partial charge on any atom is -0.507 e. The Morgan fingerprint density at radius 1 is 0.833 bits per heavy atom. The first-order valence-corrected chi connectivity index (χ1v) is 11.6. The zero-order valence-electron chi connectivity index (χ0n) is 20.8. The number of phenolic OH excluding ortho intramolecular Hbond substituents is 2. The number of nitrogens with zero attached hydrogens (tertiary/aromatic N) is 2. The number of aromatic hydroxyl groups is 2. The largest absolute Gasteiger partial charge is 0.507 e. The third-order valence-corrected chi connectivity index (χ3v) is 6.97. The van der Waals surface area contributed by atoms with Crippen LogP contribution in [0.4, 0.5) is 5.69 Å². The Bertz CT molecular complexity index is 1440. The number of fused-ring (bicyclic) bond motifs is 1. The van der Waals surface area contributed by atoms with Crippen LogP contribution in [0.15, 0.2) is 54.7 Å². The van der Waals surface area contributed by atoms with E-state index in [1.165, 1.54) is 7.11 Å². The number of carbonyl (C=O) groups excluding carboxylic acids is 1. The lowest BCUT2D eigenvalue weighted by molar-refractivity contribution is -0.118. The minimum atomic E-state index is -1.18. The predicted octanol–water partition coefficient (Wildman–Crippen LogP) is 5.08. The van der Waals surface area contributed by atoms with Crippen LogP contribution in [-0.4, -0.2) is 33.2 Å². The summed E-state index contributed by atoms with van der Waals surface area (Å²) in [5.74, 6) is 0.209. The van der Waals surface area contributed by atoms with Gasteiger partial charge in [-0.3, -0.25) is 4.79 Å². The first kappa shape index (κ1) is 23.4. The van der Waals surface area contributed by atoms with Crippen LogP contribution in [-0.2, 0) is 10.2 Å². The van der Waals surface area contributed by atoms with Gasteiger partial charge < -0.3 is 20.3 Å². The van der Waals surface area contributed by atoms with Crippen molar-refractivity contribution in [1.82, 2.24) is 9.97 Å². The van der Waals surface area contributed by atoms with Crippen molar-refractivity contribution >= 4 is 11.6 Å². The summed E-state index contributed by atoms with van der Waals surface area (Å²) in [6.45, 7) is 7.30. The Balaban J connectivity index is 1.80. The molecule has 7 heteroatoms. The molecule has 0 saturated heterocycles. The molecule has 0 atom stereocenters. The molecule has 0 fully saturated rings. The summed E-state index contributed by atoms with van der Waals surface area (Å²) in [5.41, 5.74) is 5.97. The number of hydrogen-bond donors (Lipinski definition) is 3. The Hall–Kier alpha value is -4.39. The van der Waals surface area contributed by atoms with Crippen molar-refractivity contribution in [3.05, 3.63) is 93.7 Å². The van der Waals surface area contributed by atoms with Gasteiger partial charge in [0.05, 0.1) is 12.8 Å². The number of phenols is 2. The number of hydrogen-bond acceptors (Lipinski definition) is 6. The lowest BCUT2D eigenvalue weighted by Crippen LogP contribution is -2.37. The van der Waals surface area contributed by atoms with E-state index in [4.69, 9.17) is 4.74 Å². The Kier molecular flexibility index (Phi) is 5.43. The summed E-state index contributed by atoms with van der Waals surface area (Å²) >= 11 is 0. The van der Waals surface area contributed by atoms with Crippen molar-refractivity contribution in [2.45, 2.75) is 33.1 Å². The number of aromatic nitrogens is 2. The molecule has 0 unspecified atom stereocenters. The van der Waals surface area contributed by atoms with Gasteiger partial charge in [-0.1, -0.05) is 36.4 Å². The number of carbonyl (C=O) groups is 1. The number of anilines is 1. The van der Waals surface area contributed by atoms with Gasteiger partial charge in [-0.2, -0.15) is 4.98 Å². The highest BCUT2D eigenvalue weighted by Gasteiger charge is 2.50. The second-order valence-electron chi connectivity index (χ2n) is 9.31. The van der Waals surface area contributed by atoms with Gasteiger partial charge in [-0.15, -0.1) is 0 Å². The molecule has 0 saturated carbocycles. The lowest BCUT2D eigenvalue weighted by Gasteiger charge is -2.31. The van der Waals surface area contributed by atoms with Gasteiger partial charge in [0, 0.05) is 23.0 Å². The van der Waals surface area contributed by atoms with Crippen molar-refractivity contribution in [2.24, 2.45) is 0 Å². The van der Waals surface area contributed by atoms with E-state index < -0.39 is 5.41 Å². The molecule has 4 aromatic rings. The number of nitrogens with one attached hydrogen (secondary N) is 1. The molecule has 3 N–H and O–H groups in total. The molecular formula is C29H27N3O4. The smallest absolute Gasteiger partial charge is 0.316 e. The minimum absolute atomic E-state index is 0.205. The monoisotopic (exact) mass is 481 g/mol. The average molecular weight is 482 g/mol. The van der Waals surface area contributed by atoms with Crippen molar-refractivity contribution in [1.29, 1.82) is 0 Å². The number of amides is 1. The zero-order valence-corrected chi connectivity index (χ0v) is 20.8. The third kappa shape index (κ3) is 3.39. The highest BCUT2D eigenvalue weighted by atomic mass is 16.5. The standard InChI is InChI=1S/C29H27N3O4/c1-15-10-20(11-16(2)25(15)33)29(21-12-17(3)26(34)18(4)13-21)22-7-6-19(14-24(22)31-27(29)35)23-8-9-30-28(32-23)36-5/h6-14,33-34H,1-5H3,(H,31,35). The Morgan fingerprint density at radius 3 is 1.92 bits per heavy atom. The van der Waals surface area contributed by atoms with Gasteiger partial charge in [-0.05, 0) is 73.2 Å². The highest BCUT2D eigenvalue weighted by molar-refractivity contribution is 6.12. The van der Waals surface area contributed by atoms with Gasteiger partial charge in [0.1, 0.15) is 16.9 Å². The zero-order chi connectivity index (χ0) is 25.8. The summed E-state index contributed by atoms with van der Waals surface area (Å²) in [5, 5.41) is 24.0. The van der Waals surface area contributed by atoms with E-state index in [0.717, 1.165) is 22.3 Å². The second-order valence-corrected chi connectivity index (χ2v) is 9.31. The molecule has 3 aromatic carbocycles. The molecule has 0 radical (unpaired) electrons. The number of rotatable bonds is 4. The van der Waals surface area contributed by atoms with Crippen LogP contribution in [0.3, 0.4) is 0 Å². The maximum absolute atomic E-state index is 14.0. The predicted molar refractivity (Wildman–Crippen MR) is 138 cm³/mol. The summed E-state index contributed by atoms with van der Waals surface area (Å²) in [6.07, 6.45) is 1.63. The molecule has 182 valence electrons. The van der Waals surface area contributed by atoms with Crippen LogP contribution < -0.4 is 10.1 Å². The molecule has 0 bridgehead atoms. The first-order chi connectivity index (χ1) is 17.2. The summed E-state index contributed by atoms with van der Waals surface area (Å²) in [4.78, 5) is 22.5. The van der Waals surface area contributed by atoms with Crippen LogP contribution in [0.25, 0.3) is 11.3 Å². The maximum Gasteiger partial charge on any atom is 0.316 e. The Morgan fingerprint density at radius 2 is 1.39 bits per heavy atom.